The third-order valence-electron chi connectivity index (χ3n) is 1.10. The lowest BCUT2D eigenvalue weighted by atomic mass is 10.5. The number of nitrogens with zero attached hydrogens (tertiary/aromatic N) is 1. The lowest BCUT2D eigenvalue weighted by Crippen LogP contribution is -2.23. The van der Waals surface area contributed by atoms with E-state index in [9.17, 15) is 9.59 Å². The van der Waals surface area contributed by atoms with Crippen molar-refractivity contribution in [3.05, 3.63) is 12.7 Å². The van der Waals surface area contributed by atoms with Crippen LogP contribution in [0.5, 0.6) is 0 Å². The van der Waals surface area contributed by atoms with Crippen LogP contribution in [0.1, 0.15) is 0 Å². The summed E-state index contributed by atoms with van der Waals surface area (Å²) in [5.41, 5.74) is 0. The summed E-state index contributed by atoms with van der Waals surface area (Å²) in [5, 5.41) is 2.43. The number of carbonyl (C=O) groups excluding carboxylic acids is 2. The first kappa shape index (κ1) is 11.2. The largest absolute Gasteiger partial charge is 0.342 e. The molecule has 70 valence electrons. The average molecular weight is 180 g/mol. The van der Waals surface area contributed by atoms with Crippen molar-refractivity contribution in [3.8, 4) is 11.8 Å². The van der Waals surface area contributed by atoms with Crippen molar-refractivity contribution in [1.82, 2.24) is 10.2 Å². The fraction of sp³-hybridized carbons (Fsp3) is 0.333. The van der Waals surface area contributed by atoms with Gasteiger partial charge in [-0.2, -0.15) is 0 Å². The third-order valence-corrected chi connectivity index (χ3v) is 1.10. The predicted octanol–water partition coefficient (Wildman–Crippen LogP) is -0.620. The van der Waals surface area contributed by atoms with Gasteiger partial charge < -0.3 is 10.2 Å². The van der Waals surface area contributed by atoms with Gasteiger partial charge in [0.2, 0.25) is 0 Å². The fourth-order valence-corrected chi connectivity index (χ4v) is 0.431. The standard InChI is InChI=1S/C9H12N2O2/c1-4-7-10-8(12)5-6-9(13)11(2)3/h4H,1,7H2,2-3H3,(H,10,12). The maximum Gasteiger partial charge on any atom is 0.298 e. The van der Waals surface area contributed by atoms with Crippen molar-refractivity contribution in [2.75, 3.05) is 20.6 Å². The Kier molecular flexibility index (Phi) is 5.05. The molecule has 0 rings (SSSR count). The van der Waals surface area contributed by atoms with Gasteiger partial charge in [0.05, 0.1) is 0 Å². The Bertz CT molecular complexity index is 271. The van der Waals surface area contributed by atoms with Gasteiger partial charge in [-0.1, -0.05) is 6.08 Å². The Hall–Kier alpha value is -1.76. The van der Waals surface area contributed by atoms with Crippen molar-refractivity contribution in [3.63, 3.8) is 0 Å². The second kappa shape index (κ2) is 5.84. The monoisotopic (exact) mass is 180 g/mol. The van der Waals surface area contributed by atoms with Gasteiger partial charge in [-0.3, -0.25) is 9.59 Å². The van der Waals surface area contributed by atoms with Crippen LogP contribution in [0.25, 0.3) is 0 Å². The zero-order valence-corrected chi connectivity index (χ0v) is 7.76. The van der Waals surface area contributed by atoms with Crippen LogP contribution < -0.4 is 5.32 Å². The molecule has 0 heterocycles. The SMILES string of the molecule is C=CCNC(=O)C#CC(=O)N(C)C. The first-order valence-corrected chi connectivity index (χ1v) is 3.70. The Balaban J connectivity index is 4.02. The van der Waals surface area contributed by atoms with E-state index in [4.69, 9.17) is 0 Å². The first-order chi connectivity index (χ1) is 6.07. The van der Waals surface area contributed by atoms with Crippen molar-refractivity contribution >= 4 is 11.8 Å². The minimum absolute atomic E-state index is 0.351. The topological polar surface area (TPSA) is 49.4 Å². The van der Waals surface area contributed by atoms with Gasteiger partial charge in [-0.15, -0.1) is 6.58 Å². The molecule has 4 heteroatoms. The molecule has 0 spiro atoms. The summed E-state index contributed by atoms with van der Waals surface area (Å²) in [5.74, 6) is 3.47. The minimum atomic E-state index is -0.477. The lowest BCUT2D eigenvalue weighted by molar-refractivity contribution is -0.123. The molecule has 0 radical (unpaired) electrons. The number of carbonyl (C=O) groups is 2. The zero-order chi connectivity index (χ0) is 10.3. The van der Waals surface area contributed by atoms with E-state index in [1.54, 1.807) is 14.1 Å². The summed E-state index contributed by atoms with van der Waals surface area (Å²) in [6.45, 7) is 3.77. The highest BCUT2D eigenvalue weighted by Crippen LogP contribution is 1.74. The summed E-state index contributed by atoms with van der Waals surface area (Å²) >= 11 is 0. The van der Waals surface area contributed by atoms with Crippen LogP contribution in [-0.2, 0) is 9.59 Å². The van der Waals surface area contributed by atoms with E-state index < -0.39 is 11.8 Å². The van der Waals surface area contributed by atoms with Gasteiger partial charge in [0.1, 0.15) is 0 Å². The smallest absolute Gasteiger partial charge is 0.298 e. The van der Waals surface area contributed by atoms with Crippen molar-refractivity contribution < 1.29 is 9.59 Å². The van der Waals surface area contributed by atoms with Gasteiger partial charge in [0, 0.05) is 32.5 Å². The molecule has 2 amide bonds. The van der Waals surface area contributed by atoms with E-state index in [-0.39, 0.29) is 0 Å². The molecule has 0 saturated heterocycles. The van der Waals surface area contributed by atoms with Crippen molar-refractivity contribution in [2.45, 2.75) is 0 Å². The van der Waals surface area contributed by atoms with Crippen LogP contribution in [0.3, 0.4) is 0 Å². The molecule has 0 unspecified atom stereocenters. The molecule has 0 fully saturated rings. The van der Waals surface area contributed by atoms with Crippen LogP contribution in [0, 0.1) is 11.8 Å². The van der Waals surface area contributed by atoms with Gasteiger partial charge in [-0.25, -0.2) is 0 Å². The Labute approximate surface area is 77.6 Å². The van der Waals surface area contributed by atoms with Crippen molar-refractivity contribution in [2.24, 2.45) is 0 Å². The average Bonchev–Trinajstić information content (AvgIpc) is 2.10. The number of hydrogen-bond acceptors (Lipinski definition) is 2. The van der Waals surface area contributed by atoms with E-state index in [1.165, 1.54) is 11.0 Å². The first-order valence-electron chi connectivity index (χ1n) is 3.70. The summed E-state index contributed by atoms with van der Waals surface area (Å²) < 4.78 is 0. The Morgan fingerprint density at radius 1 is 1.46 bits per heavy atom. The van der Waals surface area contributed by atoms with E-state index in [0.717, 1.165) is 0 Å². The third kappa shape index (κ3) is 5.50. The minimum Gasteiger partial charge on any atom is -0.342 e. The van der Waals surface area contributed by atoms with Crippen LogP contribution in [0.2, 0.25) is 0 Å². The molecule has 0 aliphatic heterocycles. The van der Waals surface area contributed by atoms with Crippen LogP contribution >= 0.6 is 0 Å². The highest BCUT2D eigenvalue weighted by molar-refractivity contribution is 6.02. The highest BCUT2D eigenvalue weighted by atomic mass is 16.2. The van der Waals surface area contributed by atoms with Crippen LogP contribution in [0.4, 0.5) is 0 Å². The molecule has 1 N–H and O–H groups in total. The number of hydrogen-bond donors (Lipinski definition) is 1. The summed E-state index contributed by atoms with van der Waals surface area (Å²) in [6, 6.07) is 0. The molecule has 0 aliphatic rings. The molecule has 13 heavy (non-hydrogen) atoms. The maximum atomic E-state index is 10.9. The summed E-state index contributed by atoms with van der Waals surface area (Å²) in [7, 11) is 3.14. The molecular weight excluding hydrogens is 168 g/mol. The predicted molar refractivity (Wildman–Crippen MR) is 49.7 cm³/mol. The number of rotatable bonds is 2. The molecule has 0 aliphatic carbocycles. The highest BCUT2D eigenvalue weighted by Gasteiger charge is 1.97. The molecule has 0 saturated carbocycles. The second-order valence-electron chi connectivity index (χ2n) is 2.45. The Morgan fingerprint density at radius 3 is 2.54 bits per heavy atom. The lowest BCUT2D eigenvalue weighted by Gasteiger charge is -2.02. The van der Waals surface area contributed by atoms with Crippen LogP contribution in [0.15, 0.2) is 12.7 Å². The number of nitrogens with one attached hydrogen (secondary N) is 1. The zero-order valence-electron chi connectivity index (χ0n) is 7.76. The fourth-order valence-electron chi connectivity index (χ4n) is 0.431. The number of amides is 2. The molecule has 0 aromatic carbocycles. The molecule has 0 atom stereocenters. The van der Waals surface area contributed by atoms with Gasteiger partial charge in [0.25, 0.3) is 11.8 Å². The van der Waals surface area contributed by atoms with Gasteiger partial charge >= 0.3 is 0 Å². The van der Waals surface area contributed by atoms with Crippen molar-refractivity contribution in [1.29, 1.82) is 0 Å². The van der Waals surface area contributed by atoms with E-state index >= 15 is 0 Å². The van der Waals surface area contributed by atoms with Crippen LogP contribution in [-0.4, -0.2) is 37.4 Å². The molecule has 0 bridgehead atoms. The second-order valence-corrected chi connectivity index (χ2v) is 2.45. The van der Waals surface area contributed by atoms with Gasteiger partial charge in [0.15, 0.2) is 0 Å². The normalized spacial score (nSPS) is 7.85. The van der Waals surface area contributed by atoms with E-state index in [1.807, 2.05) is 0 Å². The molecule has 0 aromatic heterocycles. The van der Waals surface area contributed by atoms with E-state index in [0.29, 0.717) is 6.54 Å². The quantitative estimate of drug-likeness (QED) is 0.455. The Morgan fingerprint density at radius 2 is 2.08 bits per heavy atom. The van der Waals surface area contributed by atoms with E-state index in [2.05, 4.69) is 23.7 Å². The van der Waals surface area contributed by atoms with Gasteiger partial charge in [-0.05, 0) is 0 Å². The molecule has 4 nitrogen and oxygen atoms in total. The molecule has 0 aromatic rings. The maximum absolute atomic E-state index is 10.9. The molecular formula is C9H12N2O2. The summed E-state index contributed by atoms with van der Waals surface area (Å²) in [4.78, 5) is 23.0. The summed E-state index contributed by atoms with van der Waals surface area (Å²) in [6.07, 6.45) is 1.54.